The van der Waals surface area contributed by atoms with Gasteiger partial charge in [-0.1, -0.05) is 29.8 Å². The molecule has 0 aliphatic carbocycles. The molecule has 2 aromatic carbocycles. The summed E-state index contributed by atoms with van der Waals surface area (Å²) in [6.45, 7) is 4.39. The van der Waals surface area contributed by atoms with Crippen LogP contribution in [0.3, 0.4) is 0 Å². The number of aromatic nitrogens is 4. The van der Waals surface area contributed by atoms with Crippen LogP contribution in [0, 0.1) is 6.92 Å². The number of fused-ring (bicyclic) bond motifs is 1. The van der Waals surface area contributed by atoms with E-state index in [4.69, 9.17) is 21.3 Å². The predicted octanol–water partition coefficient (Wildman–Crippen LogP) is 3.75. The van der Waals surface area contributed by atoms with E-state index < -0.39 is 0 Å². The topological polar surface area (TPSA) is 76.4 Å². The zero-order chi connectivity index (χ0) is 22.9. The number of aryl methyl sites for hydroxylation is 1. The first-order valence-electron chi connectivity index (χ1n) is 10.7. The Morgan fingerprint density at radius 3 is 2.58 bits per heavy atom. The lowest BCUT2D eigenvalue weighted by atomic mass is 10.1. The van der Waals surface area contributed by atoms with E-state index in [-0.39, 0.29) is 5.91 Å². The minimum absolute atomic E-state index is 0.00380. The summed E-state index contributed by atoms with van der Waals surface area (Å²) < 4.78 is 7.00. The van der Waals surface area contributed by atoms with Crippen LogP contribution in [0.25, 0.3) is 16.7 Å². The number of methoxy groups -OCH3 is 1. The molecule has 5 rings (SSSR count). The maximum Gasteiger partial charge on any atom is 0.254 e. The first-order valence-corrected chi connectivity index (χ1v) is 11.1. The lowest BCUT2D eigenvalue weighted by Gasteiger charge is -2.35. The molecule has 1 fully saturated rings. The third-order valence-corrected chi connectivity index (χ3v) is 6.10. The minimum Gasteiger partial charge on any atom is -0.497 e. The number of hydrogen-bond acceptors (Lipinski definition) is 6. The number of halogens is 1. The number of ether oxygens (including phenoxy) is 1. The van der Waals surface area contributed by atoms with Gasteiger partial charge in [-0.05, 0) is 37.3 Å². The standard InChI is InChI=1S/C24H23ClN6O2/c1-16-27-22(19-15-26-31(23(19)28-16)21-9-4-3-8-20(21)25)29-10-12-30(13-11-29)24(32)17-6-5-7-18(14-17)33-2/h3-9,14-15H,10-13H2,1-2H3. The lowest BCUT2D eigenvalue weighted by molar-refractivity contribution is 0.0746. The van der Waals surface area contributed by atoms with Crippen LogP contribution in [0.1, 0.15) is 16.2 Å². The summed E-state index contributed by atoms with van der Waals surface area (Å²) in [5.74, 6) is 2.16. The Morgan fingerprint density at radius 2 is 1.82 bits per heavy atom. The monoisotopic (exact) mass is 462 g/mol. The van der Waals surface area contributed by atoms with Gasteiger partial charge in [0.15, 0.2) is 5.65 Å². The molecule has 0 saturated carbocycles. The molecule has 1 amide bonds. The van der Waals surface area contributed by atoms with Crippen LogP contribution in [-0.2, 0) is 0 Å². The highest BCUT2D eigenvalue weighted by Crippen LogP contribution is 2.29. The normalized spacial score (nSPS) is 14.0. The van der Waals surface area contributed by atoms with Crippen molar-refractivity contribution in [3.8, 4) is 11.4 Å². The molecule has 0 atom stereocenters. The Hall–Kier alpha value is -3.65. The second kappa shape index (κ2) is 8.71. The van der Waals surface area contributed by atoms with E-state index in [9.17, 15) is 4.79 Å². The molecule has 1 aliphatic heterocycles. The molecule has 4 aromatic rings. The first-order chi connectivity index (χ1) is 16.0. The molecule has 0 radical (unpaired) electrons. The molecular formula is C24H23ClN6O2. The number of carbonyl (C=O) groups is 1. The van der Waals surface area contributed by atoms with Gasteiger partial charge in [0.05, 0.1) is 29.4 Å². The van der Waals surface area contributed by atoms with Crippen LogP contribution in [0.4, 0.5) is 5.82 Å². The zero-order valence-corrected chi connectivity index (χ0v) is 19.2. The van der Waals surface area contributed by atoms with Crippen LogP contribution < -0.4 is 9.64 Å². The summed E-state index contributed by atoms with van der Waals surface area (Å²) in [6.07, 6.45) is 1.78. The second-order valence-corrected chi connectivity index (χ2v) is 8.26. The summed E-state index contributed by atoms with van der Waals surface area (Å²) in [5.41, 5.74) is 2.11. The molecule has 0 N–H and O–H groups in total. The molecule has 9 heteroatoms. The zero-order valence-electron chi connectivity index (χ0n) is 18.4. The highest BCUT2D eigenvalue weighted by Gasteiger charge is 2.25. The number of carbonyl (C=O) groups excluding carboxylic acids is 1. The van der Waals surface area contributed by atoms with Gasteiger partial charge in [-0.3, -0.25) is 4.79 Å². The molecule has 1 saturated heterocycles. The largest absolute Gasteiger partial charge is 0.497 e. The summed E-state index contributed by atoms with van der Waals surface area (Å²) >= 11 is 6.40. The third kappa shape index (κ3) is 3.98. The van der Waals surface area contributed by atoms with Crippen LogP contribution in [0.15, 0.2) is 54.7 Å². The van der Waals surface area contributed by atoms with Crippen molar-refractivity contribution in [2.24, 2.45) is 0 Å². The smallest absolute Gasteiger partial charge is 0.254 e. The van der Waals surface area contributed by atoms with Crippen molar-refractivity contribution in [3.63, 3.8) is 0 Å². The van der Waals surface area contributed by atoms with Crippen LogP contribution in [0.5, 0.6) is 5.75 Å². The van der Waals surface area contributed by atoms with E-state index in [2.05, 4.69) is 15.0 Å². The Kier molecular flexibility index (Phi) is 5.60. The summed E-state index contributed by atoms with van der Waals surface area (Å²) in [6, 6.07) is 14.8. The number of rotatable bonds is 4. The molecule has 168 valence electrons. The van der Waals surface area contributed by atoms with Crippen LogP contribution in [-0.4, -0.2) is 63.8 Å². The third-order valence-electron chi connectivity index (χ3n) is 5.78. The Morgan fingerprint density at radius 1 is 1.03 bits per heavy atom. The van der Waals surface area contributed by atoms with Gasteiger partial charge in [0.25, 0.3) is 5.91 Å². The molecule has 0 spiro atoms. The van der Waals surface area contributed by atoms with Crippen molar-refractivity contribution in [1.29, 1.82) is 0 Å². The lowest BCUT2D eigenvalue weighted by Crippen LogP contribution is -2.49. The Balaban J connectivity index is 1.40. The fourth-order valence-electron chi connectivity index (χ4n) is 4.10. The quantitative estimate of drug-likeness (QED) is 0.459. The molecule has 1 aliphatic rings. The van der Waals surface area contributed by atoms with Gasteiger partial charge >= 0.3 is 0 Å². The molecule has 2 aromatic heterocycles. The van der Waals surface area contributed by atoms with Gasteiger partial charge < -0.3 is 14.5 Å². The maximum absolute atomic E-state index is 13.0. The van der Waals surface area contributed by atoms with Gasteiger partial charge in [0, 0.05) is 31.7 Å². The fraction of sp³-hybridized carbons (Fsp3) is 0.250. The van der Waals surface area contributed by atoms with E-state index in [1.165, 1.54) is 0 Å². The van der Waals surface area contributed by atoms with E-state index in [0.717, 1.165) is 16.9 Å². The molecule has 0 unspecified atom stereocenters. The average molecular weight is 463 g/mol. The maximum atomic E-state index is 13.0. The average Bonchev–Trinajstić information content (AvgIpc) is 3.27. The fourth-order valence-corrected chi connectivity index (χ4v) is 4.32. The van der Waals surface area contributed by atoms with E-state index in [1.807, 2.05) is 54.3 Å². The highest BCUT2D eigenvalue weighted by atomic mass is 35.5. The van der Waals surface area contributed by atoms with Crippen LogP contribution in [0.2, 0.25) is 5.02 Å². The van der Waals surface area contributed by atoms with Crippen molar-refractivity contribution in [2.75, 3.05) is 38.2 Å². The van der Waals surface area contributed by atoms with Crippen molar-refractivity contribution < 1.29 is 9.53 Å². The van der Waals surface area contributed by atoms with Crippen LogP contribution >= 0.6 is 11.6 Å². The number of hydrogen-bond donors (Lipinski definition) is 0. The van der Waals surface area contributed by atoms with E-state index in [1.54, 1.807) is 24.1 Å². The summed E-state index contributed by atoms with van der Waals surface area (Å²) in [7, 11) is 1.60. The van der Waals surface area contributed by atoms with Gasteiger partial charge in [-0.15, -0.1) is 0 Å². The molecule has 8 nitrogen and oxygen atoms in total. The second-order valence-electron chi connectivity index (χ2n) is 7.85. The molecule has 33 heavy (non-hydrogen) atoms. The molecular weight excluding hydrogens is 440 g/mol. The van der Waals surface area contributed by atoms with Gasteiger partial charge in [-0.2, -0.15) is 5.10 Å². The minimum atomic E-state index is 0.00380. The van der Waals surface area contributed by atoms with E-state index in [0.29, 0.717) is 54.0 Å². The number of benzene rings is 2. The van der Waals surface area contributed by atoms with Gasteiger partial charge in [0.2, 0.25) is 0 Å². The first kappa shape index (κ1) is 21.2. The summed E-state index contributed by atoms with van der Waals surface area (Å²) in [4.78, 5) is 26.4. The number of anilines is 1. The Bertz CT molecular complexity index is 1330. The van der Waals surface area contributed by atoms with Gasteiger partial charge in [0.1, 0.15) is 17.4 Å². The molecule has 3 heterocycles. The number of piperazine rings is 1. The van der Waals surface area contributed by atoms with Crippen molar-refractivity contribution >= 4 is 34.4 Å². The van der Waals surface area contributed by atoms with E-state index >= 15 is 0 Å². The van der Waals surface area contributed by atoms with Gasteiger partial charge in [-0.25, -0.2) is 14.6 Å². The number of nitrogens with zero attached hydrogens (tertiary/aromatic N) is 6. The summed E-state index contributed by atoms with van der Waals surface area (Å²) in [5, 5.41) is 6.01. The SMILES string of the molecule is COc1cccc(C(=O)N2CCN(c3nc(C)nc4c3cnn4-c3ccccc3Cl)CC2)c1. The highest BCUT2D eigenvalue weighted by molar-refractivity contribution is 6.32. The Labute approximate surface area is 196 Å². The van der Waals surface area contributed by atoms with Crippen molar-refractivity contribution in [2.45, 2.75) is 6.92 Å². The number of para-hydroxylation sites is 1. The number of amides is 1. The van der Waals surface area contributed by atoms with Crippen molar-refractivity contribution in [3.05, 3.63) is 71.1 Å². The molecule has 0 bridgehead atoms. The predicted molar refractivity (Wildman–Crippen MR) is 128 cm³/mol. The van der Waals surface area contributed by atoms with Crippen molar-refractivity contribution in [1.82, 2.24) is 24.6 Å².